The maximum atomic E-state index is 11.9. The normalized spacial score (nSPS) is 12.7. The lowest BCUT2D eigenvalue weighted by Gasteiger charge is -2.04. The molecule has 0 aliphatic rings. The van der Waals surface area contributed by atoms with Crippen LogP contribution in [0.4, 0.5) is 13.2 Å². The van der Waals surface area contributed by atoms with Gasteiger partial charge in [0.1, 0.15) is 17.5 Å². The van der Waals surface area contributed by atoms with Gasteiger partial charge in [-0.3, -0.25) is 4.99 Å². The summed E-state index contributed by atoms with van der Waals surface area (Å²) in [5.74, 6) is 0.601. The predicted octanol–water partition coefficient (Wildman–Crippen LogP) is 3.24. The van der Waals surface area contributed by atoms with Crippen molar-refractivity contribution in [2.45, 2.75) is 6.18 Å². The molecule has 0 aliphatic heterocycles. The average Bonchev–Trinajstić information content (AvgIpc) is 2.25. The van der Waals surface area contributed by atoms with Crippen LogP contribution in [-0.4, -0.2) is 25.0 Å². The molecule has 1 aromatic rings. The van der Waals surface area contributed by atoms with Crippen molar-refractivity contribution >= 4 is 16.8 Å². The number of benzene rings is 1. The summed E-state index contributed by atoms with van der Waals surface area (Å²) in [6.07, 6.45) is -4.34. The fraction of sp³-hybridized carbons (Fsp3) is 0.300. The molecule has 0 heterocycles. The molecule has 0 unspecified atom stereocenters. The lowest BCUT2D eigenvalue weighted by atomic mass is 10.2. The van der Waals surface area contributed by atoms with Gasteiger partial charge in [0.15, 0.2) is 0 Å². The second-order valence-electron chi connectivity index (χ2n) is 2.95. The third-order valence-corrected chi connectivity index (χ3v) is 2.06. The molecule has 0 aliphatic carbocycles. The monoisotopic (exact) mass is 251 g/mol. The summed E-state index contributed by atoms with van der Waals surface area (Å²) < 4.78 is 40.5. The Kier molecular flexibility index (Phi) is 4.18. The molecule has 0 spiro atoms. The van der Waals surface area contributed by atoms with Crippen molar-refractivity contribution in [1.82, 2.24) is 0 Å². The lowest BCUT2D eigenvalue weighted by Crippen LogP contribution is -2.13. The Bertz CT molecular complexity index is 373. The van der Waals surface area contributed by atoms with Crippen LogP contribution in [0.15, 0.2) is 29.3 Å². The summed E-state index contributed by atoms with van der Waals surface area (Å²) >= 11 is 5.62. The van der Waals surface area contributed by atoms with Crippen LogP contribution < -0.4 is 4.74 Å². The highest BCUT2D eigenvalue weighted by molar-refractivity contribution is 6.69. The smallest absolute Gasteiger partial charge is 0.408 e. The first-order chi connectivity index (χ1) is 7.42. The van der Waals surface area contributed by atoms with E-state index in [1.807, 2.05) is 0 Å². The van der Waals surface area contributed by atoms with Crippen LogP contribution in [0.1, 0.15) is 5.56 Å². The second-order valence-corrected chi connectivity index (χ2v) is 3.31. The molecule has 0 saturated carbocycles. The third-order valence-electron chi connectivity index (χ3n) is 1.73. The fourth-order valence-corrected chi connectivity index (χ4v) is 1.16. The SMILES string of the molecule is COc1ccc(C(Cl)=NCC(F)(F)F)cc1. The van der Waals surface area contributed by atoms with Gasteiger partial charge in [0.05, 0.1) is 7.11 Å². The van der Waals surface area contributed by atoms with Gasteiger partial charge in [0.2, 0.25) is 0 Å². The highest BCUT2D eigenvalue weighted by Crippen LogP contribution is 2.17. The van der Waals surface area contributed by atoms with Crippen molar-refractivity contribution in [1.29, 1.82) is 0 Å². The molecule has 0 radical (unpaired) electrons. The van der Waals surface area contributed by atoms with Gasteiger partial charge in [-0.25, -0.2) is 0 Å². The van der Waals surface area contributed by atoms with Gasteiger partial charge in [-0.15, -0.1) is 0 Å². The Morgan fingerprint density at radius 1 is 1.31 bits per heavy atom. The summed E-state index contributed by atoms with van der Waals surface area (Å²) in [6.45, 7) is -1.28. The van der Waals surface area contributed by atoms with Gasteiger partial charge in [0.25, 0.3) is 0 Å². The quantitative estimate of drug-likeness (QED) is 0.756. The van der Waals surface area contributed by atoms with Crippen molar-refractivity contribution in [3.05, 3.63) is 29.8 Å². The number of hydrogen-bond donors (Lipinski definition) is 0. The van der Waals surface area contributed by atoms with Gasteiger partial charge in [-0.05, 0) is 24.3 Å². The zero-order chi connectivity index (χ0) is 12.2. The van der Waals surface area contributed by atoms with E-state index in [-0.39, 0.29) is 5.17 Å². The summed E-state index contributed by atoms with van der Waals surface area (Å²) in [5.41, 5.74) is 0.423. The van der Waals surface area contributed by atoms with Crippen molar-refractivity contribution in [2.24, 2.45) is 4.99 Å². The number of alkyl halides is 3. The van der Waals surface area contributed by atoms with Crippen LogP contribution in [0, 0.1) is 0 Å². The van der Waals surface area contributed by atoms with E-state index in [2.05, 4.69) is 4.99 Å². The molecule has 0 amide bonds. The molecule has 0 fully saturated rings. The van der Waals surface area contributed by atoms with Gasteiger partial charge in [0, 0.05) is 5.56 Å². The van der Waals surface area contributed by atoms with E-state index in [4.69, 9.17) is 16.3 Å². The van der Waals surface area contributed by atoms with E-state index >= 15 is 0 Å². The predicted molar refractivity (Wildman–Crippen MR) is 56.3 cm³/mol. The Labute approximate surface area is 95.7 Å². The lowest BCUT2D eigenvalue weighted by molar-refractivity contribution is -0.118. The maximum Gasteiger partial charge on any atom is 0.408 e. The van der Waals surface area contributed by atoms with Crippen molar-refractivity contribution in [3.63, 3.8) is 0 Å². The molecule has 88 valence electrons. The Morgan fingerprint density at radius 3 is 2.31 bits per heavy atom. The van der Waals surface area contributed by atoms with Crippen LogP contribution in [0.3, 0.4) is 0 Å². The van der Waals surface area contributed by atoms with Crippen LogP contribution in [-0.2, 0) is 0 Å². The first kappa shape index (κ1) is 12.8. The average molecular weight is 252 g/mol. The van der Waals surface area contributed by atoms with E-state index < -0.39 is 12.7 Å². The van der Waals surface area contributed by atoms with Crippen LogP contribution in [0.25, 0.3) is 0 Å². The molecule has 2 nitrogen and oxygen atoms in total. The van der Waals surface area contributed by atoms with Crippen LogP contribution >= 0.6 is 11.6 Å². The molecule has 6 heteroatoms. The number of methoxy groups -OCH3 is 1. The van der Waals surface area contributed by atoms with Crippen molar-refractivity contribution in [3.8, 4) is 5.75 Å². The Morgan fingerprint density at radius 2 is 1.88 bits per heavy atom. The Balaban J connectivity index is 2.76. The van der Waals surface area contributed by atoms with Crippen molar-refractivity contribution < 1.29 is 17.9 Å². The molecule has 1 aromatic carbocycles. The minimum Gasteiger partial charge on any atom is -0.497 e. The summed E-state index contributed by atoms with van der Waals surface area (Å²) in [5, 5.41) is -0.167. The summed E-state index contributed by atoms with van der Waals surface area (Å²) in [6, 6.07) is 6.28. The van der Waals surface area contributed by atoms with Gasteiger partial charge in [-0.2, -0.15) is 13.2 Å². The van der Waals surface area contributed by atoms with Gasteiger partial charge in [-0.1, -0.05) is 11.6 Å². The molecule has 0 bridgehead atoms. The highest BCUT2D eigenvalue weighted by atomic mass is 35.5. The fourth-order valence-electron chi connectivity index (χ4n) is 0.979. The summed E-state index contributed by atoms with van der Waals surface area (Å²) in [4.78, 5) is 3.24. The molecule has 0 saturated heterocycles. The molecular weight excluding hydrogens is 243 g/mol. The molecule has 16 heavy (non-hydrogen) atoms. The number of hydrogen-bond acceptors (Lipinski definition) is 2. The zero-order valence-corrected chi connectivity index (χ0v) is 9.14. The number of nitrogens with zero attached hydrogens (tertiary/aromatic N) is 1. The highest BCUT2D eigenvalue weighted by Gasteiger charge is 2.26. The molecule has 0 N–H and O–H groups in total. The standard InChI is InChI=1S/C10H9ClF3NO/c1-16-8-4-2-7(3-5-8)9(11)15-6-10(12,13)14/h2-5H,6H2,1H3. The van der Waals surface area contributed by atoms with Gasteiger partial charge >= 0.3 is 6.18 Å². The van der Waals surface area contributed by atoms with E-state index in [9.17, 15) is 13.2 Å². The number of ether oxygens (including phenoxy) is 1. The maximum absolute atomic E-state index is 11.9. The minimum absolute atomic E-state index is 0.167. The zero-order valence-electron chi connectivity index (χ0n) is 8.38. The molecular formula is C10H9ClF3NO. The second kappa shape index (κ2) is 5.21. The van der Waals surface area contributed by atoms with Crippen molar-refractivity contribution in [2.75, 3.05) is 13.7 Å². The first-order valence-corrected chi connectivity index (χ1v) is 4.71. The number of halogens is 4. The number of rotatable bonds is 3. The topological polar surface area (TPSA) is 21.6 Å². The molecule has 0 aromatic heterocycles. The van der Waals surface area contributed by atoms with E-state index in [0.717, 1.165) is 0 Å². The number of aliphatic imine (C=N–C) groups is 1. The van der Waals surface area contributed by atoms with Crippen LogP contribution in [0.5, 0.6) is 5.75 Å². The van der Waals surface area contributed by atoms with Crippen LogP contribution in [0.2, 0.25) is 0 Å². The minimum atomic E-state index is -4.34. The molecule has 1 rings (SSSR count). The largest absolute Gasteiger partial charge is 0.497 e. The van der Waals surface area contributed by atoms with E-state index in [1.165, 1.54) is 7.11 Å². The Hall–Kier alpha value is -1.23. The van der Waals surface area contributed by atoms with Gasteiger partial charge < -0.3 is 4.74 Å². The molecule has 0 atom stereocenters. The van der Waals surface area contributed by atoms with E-state index in [0.29, 0.717) is 11.3 Å². The van der Waals surface area contributed by atoms with E-state index in [1.54, 1.807) is 24.3 Å². The first-order valence-electron chi connectivity index (χ1n) is 4.33. The summed E-state index contributed by atoms with van der Waals surface area (Å²) in [7, 11) is 1.49. The third kappa shape index (κ3) is 4.10.